The van der Waals surface area contributed by atoms with Crippen LogP contribution in [0, 0.1) is 0 Å². The van der Waals surface area contributed by atoms with E-state index in [-0.39, 0.29) is 6.10 Å². The molecule has 1 atom stereocenters. The molecule has 0 saturated heterocycles. The van der Waals surface area contributed by atoms with Crippen LogP contribution in [0.4, 0.5) is 0 Å². The Morgan fingerprint density at radius 2 is 1.95 bits per heavy atom. The Bertz CT molecular complexity index is 629. The van der Waals surface area contributed by atoms with Crippen LogP contribution in [0.1, 0.15) is 38.4 Å². The van der Waals surface area contributed by atoms with Gasteiger partial charge < -0.3 is 4.74 Å². The van der Waals surface area contributed by atoms with Crippen LogP contribution in [0.3, 0.4) is 0 Å². The summed E-state index contributed by atoms with van der Waals surface area (Å²) in [6.45, 7) is 4.58. The highest BCUT2D eigenvalue weighted by atomic mass is 35.5. The van der Waals surface area contributed by atoms with E-state index in [1.165, 1.54) is 5.57 Å². The summed E-state index contributed by atoms with van der Waals surface area (Å²) in [7, 11) is 0. The van der Waals surface area contributed by atoms with Gasteiger partial charge in [-0.15, -0.1) is 0 Å². The second-order valence-corrected chi connectivity index (χ2v) is 6.53. The predicted octanol–water partition coefficient (Wildman–Crippen LogP) is 6.86. The fraction of sp³-hybridized carbons (Fsp3) is 0.333. The fourth-order valence-corrected chi connectivity index (χ4v) is 3.18. The van der Waals surface area contributed by atoms with Gasteiger partial charge in [-0.25, -0.2) is 0 Å². The minimum Gasteiger partial charge on any atom is -0.369 e. The van der Waals surface area contributed by atoms with Crippen molar-refractivity contribution in [3.63, 3.8) is 0 Å². The number of allylic oxidation sites excluding steroid dienone is 4. The first kappa shape index (κ1) is 17.6. The fourth-order valence-electron chi connectivity index (χ4n) is 2.34. The lowest BCUT2D eigenvalue weighted by molar-refractivity contribution is 0.0678. The third kappa shape index (κ3) is 4.63. The maximum atomic E-state index is 6.34. The van der Waals surface area contributed by atoms with E-state index >= 15 is 0 Å². The third-order valence-electron chi connectivity index (χ3n) is 3.59. The Morgan fingerprint density at radius 1 is 1.18 bits per heavy atom. The molecule has 0 heterocycles. The minimum absolute atomic E-state index is 0.0764. The number of hydrogen-bond donors (Lipinski definition) is 0. The Balaban J connectivity index is 2.09. The first-order chi connectivity index (χ1) is 10.5. The molecule has 4 heteroatoms. The van der Waals surface area contributed by atoms with Gasteiger partial charge in [-0.05, 0) is 49.1 Å². The van der Waals surface area contributed by atoms with E-state index in [0.717, 1.165) is 29.0 Å². The molecule has 1 aromatic rings. The van der Waals surface area contributed by atoms with Crippen LogP contribution in [0.15, 0.2) is 52.6 Å². The number of rotatable bonds is 5. The molecule has 1 unspecified atom stereocenters. The summed E-state index contributed by atoms with van der Waals surface area (Å²) >= 11 is 18.6. The molecule has 0 radical (unpaired) electrons. The summed E-state index contributed by atoms with van der Waals surface area (Å²) in [5.41, 5.74) is 3.14. The van der Waals surface area contributed by atoms with Crippen molar-refractivity contribution in [3.8, 4) is 0 Å². The van der Waals surface area contributed by atoms with Crippen molar-refractivity contribution in [2.45, 2.75) is 32.8 Å². The monoisotopic (exact) mass is 356 g/mol. The molecular weight excluding hydrogens is 339 g/mol. The molecule has 1 aliphatic rings. The predicted molar refractivity (Wildman–Crippen MR) is 95.8 cm³/mol. The van der Waals surface area contributed by atoms with Crippen LogP contribution >= 0.6 is 34.8 Å². The van der Waals surface area contributed by atoms with Gasteiger partial charge in [-0.2, -0.15) is 0 Å². The van der Waals surface area contributed by atoms with Gasteiger partial charge in [0.15, 0.2) is 0 Å². The first-order valence-electron chi connectivity index (χ1n) is 7.31. The van der Waals surface area contributed by atoms with E-state index in [1.807, 2.05) is 25.1 Å². The summed E-state index contributed by atoms with van der Waals surface area (Å²) in [6.07, 6.45) is 7.84. The highest BCUT2D eigenvalue weighted by Gasteiger charge is 2.15. The molecule has 0 N–H and O–H groups in total. The molecule has 22 heavy (non-hydrogen) atoms. The lowest BCUT2D eigenvalue weighted by atomic mass is 10.1. The van der Waals surface area contributed by atoms with Crippen molar-refractivity contribution >= 4 is 34.8 Å². The quantitative estimate of drug-likeness (QED) is 0.559. The molecule has 0 saturated carbocycles. The average Bonchev–Trinajstić information content (AvgIpc) is 2.62. The van der Waals surface area contributed by atoms with Crippen LogP contribution < -0.4 is 0 Å². The van der Waals surface area contributed by atoms with Crippen LogP contribution in [-0.2, 0) is 4.74 Å². The Hall–Kier alpha value is -0.730. The molecule has 1 nitrogen and oxygen atoms in total. The van der Waals surface area contributed by atoms with Gasteiger partial charge in [0.25, 0.3) is 0 Å². The van der Waals surface area contributed by atoms with Crippen molar-refractivity contribution < 1.29 is 4.74 Å². The molecule has 118 valence electrons. The van der Waals surface area contributed by atoms with Crippen LogP contribution in [0.5, 0.6) is 0 Å². The summed E-state index contributed by atoms with van der Waals surface area (Å²) in [4.78, 5) is 0. The number of benzene rings is 1. The normalized spacial score (nSPS) is 16.5. The van der Waals surface area contributed by atoms with Gasteiger partial charge in [0, 0.05) is 15.1 Å². The van der Waals surface area contributed by atoms with Gasteiger partial charge in [0.1, 0.15) is 0 Å². The second-order valence-electron chi connectivity index (χ2n) is 5.28. The summed E-state index contributed by atoms with van der Waals surface area (Å²) in [5.74, 6) is 0. The molecule has 0 aliphatic heterocycles. The Kier molecular flexibility index (Phi) is 6.58. The molecule has 2 rings (SSSR count). The highest BCUT2D eigenvalue weighted by Crippen LogP contribution is 2.32. The van der Waals surface area contributed by atoms with Crippen LogP contribution in [0.2, 0.25) is 10.0 Å². The van der Waals surface area contributed by atoms with Gasteiger partial charge in [-0.1, -0.05) is 65.5 Å². The third-order valence-corrected chi connectivity index (χ3v) is 4.50. The van der Waals surface area contributed by atoms with Crippen LogP contribution in [-0.4, -0.2) is 6.61 Å². The molecule has 0 bridgehead atoms. The van der Waals surface area contributed by atoms with E-state index < -0.39 is 0 Å². The smallest absolute Gasteiger partial charge is 0.0841 e. The van der Waals surface area contributed by atoms with Crippen molar-refractivity contribution in [1.82, 2.24) is 0 Å². The van der Waals surface area contributed by atoms with Crippen molar-refractivity contribution in [1.29, 1.82) is 0 Å². The van der Waals surface area contributed by atoms with E-state index in [9.17, 15) is 0 Å². The number of ether oxygens (including phenoxy) is 1. The molecule has 1 aromatic carbocycles. The van der Waals surface area contributed by atoms with Crippen LogP contribution in [0.25, 0.3) is 0 Å². The van der Waals surface area contributed by atoms with E-state index in [2.05, 4.69) is 19.1 Å². The zero-order valence-corrected chi connectivity index (χ0v) is 15.0. The maximum Gasteiger partial charge on any atom is 0.0841 e. The van der Waals surface area contributed by atoms with Gasteiger partial charge in [-0.3, -0.25) is 0 Å². The van der Waals surface area contributed by atoms with Gasteiger partial charge in [0.05, 0.1) is 12.7 Å². The van der Waals surface area contributed by atoms with E-state index in [4.69, 9.17) is 39.5 Å². The summed E-state index contributed by atoms with van der Waals surface area (Å²) in [6, 6.07) is 5.50. The minimum atomic E-state index is -0.0764. The lowest BCUT2D eigenvalue weighted by Gasteiger charge is -2.19. The molecule has 0 aromatic heterocycles. The lowest BCUT2D eigenvalue weighted by Crippen LogP contribution is -2.07. The maximum absolute atomic E-state index is 6.34. The van der Waals surface area contributed by atoms with Gasteiger partial charge in [0.2, 0.25) is 0 Å². The van der Waals surface area contributed by atoms with Crippen molar-refractivity contribution in [2.24, 2.45) is 0 Å². The topological polar surface area (TPSA) is 9.23 Å². The highest BCUT2D eigenvalue weighted by molar-refractivity contribution is 6.35. The SMILES string of the molecule is CCC(OCC1=CCC=C(C)C=C1Cl)c1ccc(Cl)cc1Cl. The standard InChI is InChI=1S/C18H19Cl3O/c1-3-18(15-8-7-14(19)10-17(15)21)22-11-13-6-4-5-12(2)9-16(13)20/h5-10,18H,3-4,11H2,1-2H3. The largest absolute Gasteiger partial charge is 0.369 e. The molecule has 1 aliphatic carbocycles. The first-order valence-corrected chi connectivity index (χ1v) is 8.44. The van der Waals surface area contributed by atoms with E-state index in [0.29, 0.717) is 16.7 Å². The summed E-state index contributed by atoms with van der Waals surface area (Å²) in [5, 5.41) is 2.00. The Morgan fingerprint density at radius 3 is 2.64 bits per heavy atom. The van der Waals surface area contributed by atoms with E-state index in [1.54, 1.807) is 6.07 Å². The van der Waals surface area contributed by atoms with Crippen molar-refractivity contribution in [3.05, 3.63) is 68.2 Å². The number of halogens is 3. The number of hydrogen-bond acceptors (Lipinski definition) is 1. The molecule has 0 spiro atoms. The van der Waals surface area contributed by atoms with Gasteiger partial charge >= 0.3 is 0 Å². The molecular formula is C18H19Cl3O. The van der Waals surface area contributed by atoms with Crippen molar-refractivity contribution in [2.75, 3.05) is 6.61 Å². The molecule has 0 fully saturated rings. The average molecular weight is 358 g/mol. The second kappa shape index (κ2) is 8.21. The summed E-state index contributed by atoms with van der Waals surface area (Å²) < 4.78 is 6.05. The zero-order chi connectivity index (χ0) is 16.1. The Labute approximate surface area is 147 Å². The molecule has 0 amide bonds. The zero-order valence-electron chi connectivity index (χ0n) is 12.7.